The third kappa shape index (κ3) is 4.34. The highest BCUT2D eigenvalue weighted by atomic mass is 35.5. The molecule has 1 heterocycles. The third-order valence-electron chi connectivity index (χ3n) is 5.73. The molecule has 0 N–H and O–H groups in total. The zero-order valence-corrected chi connectivity index (χ0v) is 16.5. The fraction of sp³-hybridized carbons (Fsp3) is 0.619. The predicted molar refractivity (Wildman–Crippen MR) is 108 cm³/mol. The first-order valence-electron chi connectivity index (χ1n) is 9.17. The van der Waals surface area contributed by atoms with Crippen molar-refractivity contribution in [2.45, 2.75) is 40.0 Å². The number of anilines is 1. The van der Waals surface area contributed by atoms with Gasteiger partial charge in [0.15, 0.2) is 0 Å². The van der Waals surface area contributed by atoms with Crippen molar-refractivity contribution >= 4 is 23.7 Å². The van der Waals surface area contributed by atoms with E-state index in [0.717, 1.165) is 19.0 Å². The molecule has 1 aliphatic carbocycles. The van der Waals surface area contributed by atoms with E-state index in [4.69, 9.17) is 0 Å². The number of nitrogens with zero attached hydrogens (tertiary/aromatic N) is 2. The van der Waals surface area contributed by atoms with Crippen LogP contribution < -0.4 is 4.90 Å². The first-order chi connectivity index (χ1) is 10.9. The van der Waals surface area contributed by atoms with Gasteiger partial charge in [0.25, 0.3) is 0 Å². The van der Waals surface area contributed by atoms with Crippen LogP contribution in [0.2, 0.25) is 0 Å². The van der Waals surface area contributed by atoms with Crippen LogP contribution in [0.3, 0.4) is 0 Å². The van der Waals surface area contributed by atoms with Crippen LogP contribution in [0.5, 0.6) is 0 Å². The Labute approximate surface area is 154 Å². The molecule has 1 aromatic carbocycles. The van der Waals surface area contributed by atoms with Gasteiger partial charge in [0.05, 0.1) is 0 Å². The molecule has 0 spiro atoms. The third-order valence-corrected chi connectivity index (χ3v) is 5.73. The van der Waals surface area contributed by atoms with Gasteiger partial charge in [0.2, 0.25) is 0 Å². The molecule has 3 rings (SSSR count). The molecule has 134 valence electrons. The molecule has 0 bridgehead atoms. The molecule has 1 fully saturated rings. The van der Waals surface area contributed by atoms with Gasteiger partial charge in [-0.3, -0.25) is 0 Å². The maximum Gasteiger partial charge on any atom is 0.0443 e. The second-order valence-corrected chi connectivity index (χ2v) is 8.37. The smallest absolute Gasteiger partial charge is 0.0443 e. The second-order valence-electron chi connectivity index (χ2n) is 8.37. The van der Waals surface area contributed by atoms with E-state index in [9.17, 15) is 0 Å². The molecule has 0 saturated carbocycles. The Morgan fingerprint density at radius 1 is 1.00 bits per heavy atom. The summed E-state index contributed by atoms with van der Waals surface area (Å²) >= 11 is 0. The van der Waals surface area contributed by atoms with Crippen molar-refractivity contribution in [3.63, 3.8) is 0 Å². The molecule has 1 aromatic rings. The normalized spacial score (nSPS) is 22.8. The zero-order chi connectivity index (χ0) is 16.4. The molecular weight excluding hydrogens is 316 g/mol. The molecule has 1 atom stereocenters. The van der Waals surface area contributed by atoms with Crippen molar-refractivity contribution in [1.82, 2.24) is 4.90 Å². The van der Waals surface area contributed by atoms with Crippen molar-refractivity contribution in [3.05, 3.63) is 35.9 Å². The second kappa shape index (κ2) is 7.93. The van der Waals surface area contributed by atoms with Crippen LogP contribution in [-0.2, 0) is 0 Å². The van der Waals surface area contributed by atoms with Gasteiger partial charge in [0.1, 0.15) is 0 Å². The standard InChI is InChI=1S/C21H32N2.ClH/c1-21(2,3)18-11-9-17(10-12-18)19-7-5-6-8-20(19)23-15-13-22(4)14-16-23;/h5-9,18H,10-16H2,1-4H3;1H. The first-order valence-corrected chi connectivity index (χ1v) is 9.17. The Kier molecular flexibility index (Phi) is 6.39. The largest absolute Gasteiger partial charge is 0.368 e. The number of hydrogen-bond donors (Lipinski definition) is 0. The van der Waals surface area contributed by atoms with Crippen molar-refractivity contribution in [2.75, 3.05) is 38.1 Å². The van der Waals surface area contributed by atoms with Gasteiger partial charge in [0, 0.05) is 37.4 Å². The first kappa shape index (κ1) is 19.3. The number of hydrogen-bond acceptors (Lipinski definition) is 2. The zero-order valence-electron chi connectivity index (χ0n) is 15.7. The maximum absolute atomic E-state index is 2.58. The van der Waals surface area contributed by atoms with Crippen molar-refractivity contribution in [1.29, 1.82) is 0 Å². The van der Waals surface area contributed by atoms with Crippen LogP contribution in [0.4, 0.5) is 5.69 Å². The van der Waals surface area contributed by atoms with Crippen LogP contribution in [0.1, 0.15) is 45.6 Å². The number of halogens is 1. The Bertz CT molecular complexity index is 565. The van der Waals surface area contributed by atoms with E-state index < -0.39 is 0 Å². The van der Waals surface area contributed by atoms with Crippen LogP contribution in [0.25, 0.3) is 5.57 Å². The molecule has 2 nitrogen and oxygen atoms in total. The lowest BCUT2D eigenvalue weighted by molar-refractivity contribution is 0.225. The summed E-state index contributed by atoms with van der Waals surface area (Å²) in [7, 11) is 2.22. The van der Waals surface area contributed by atoms with E-state index in [-0.39, 0.29) is 12.4 Å². The van der Waals surface area contributed by atoms with Gasteiger partial charge in [-0.15, -0.1) is 12.4 Å². The Morgan fingerprint density at radius 2 is 1.67 bits per heavy atom. The molecule has 1 unspecified atom stereocenters. The lowest BCUT2D eigenvalue weighted by Gasteiger charge is -2.37. The molecule has 0 amide bonds. The summed E-state index contributed by atoms with van der Waals surface area (Å²) in [6.45, 7) is 11.8. The minimum atomic E-state index is 0. The highest BCUT2D eigenvalue weighted by Gasteiger charge is 2.27. The van der Waals surface area contributed by atoms with E-state index in [0.29, 0.717) is 5.41 Å². The summed E-state index contributed by atoms with van der Waals surface area (Å²) in [6.07, 6.45) is 6.31. The van der Waals surface area contributed by atoms with Gasteiger partial charge in [-0.25, -0.2) is 0 Å². The van der Waals surface area contributed by atoms with E-state index >= 15 is 0 Å². The quantitative estimate of drug-likeness (QED) is 0.734. The highest BCUT2D eigenvalue weighted by molar-refractivity contribution is 5.85. The molecular formula is C21H33ClN2. The highest BCUT2D eigenvalue weighted by Crippen LogP contribution is 2.41. The van der Waals surface area contributed by atoms with Gasteiger partial charge in [-0.2, -0.15) is 0 Å². The van der Waals surface area contributed by atoms with E-state index in [2.05, 4.69) is 68.0 Å². The molecule has 0 aromatic heterocycles. The summed E-state index contributed by atoms with van der Waals surface area (Å²) in [5.41, 5.74) is 4.92. The van der Waals surface area contributed by atoms with Crippen molar-refractivity contribution in [2.24, 2.45) is 11.3 Å². The topological polar surface area (TPSA) is 6.48 Å². The number of allylic oxidation sites excluding steroid dienone is 2. The lowest BCUT2D eigenvalue weighted by atomic mass is 9.72. The lowest BCUT2D eigenvalue weighted by Crippen LogP contribution is -2.44. The predicted octanol–water partition coefficient (Wildman–Crippen LogP) is 5.09. The Hall–Kier alpha value is -0.990. The Balaban J connectivity index is 0.00000208. The Morgan fingerprint density at radius 3 is 2.25 bits per heavy atom. The number of para-hydroxylation sites is 1. The fourth-order valence-corrected chi connectivity index (χ4v) is 3.93. The summed E-state index contributed by atoms with van der Waals surface area (Å²) in [4.78, 5) is 5.00. The fourth-order valence-electron chi connectivity index (χ4n) is 3.93. The summed E-state index contributed by atoms with van der Waals surface area (Å²) in [5, 5.41) is 0. The molecule has 1 aliphatic heterocycles. The van der Waals surface area contributed by atoms with Crippen LogP contribution >= 0.6 is 12.4 Å². The average Bonchev–Trinajstić information content (AvgIpc) is 2.55. The van der Waals surface area contributed by atoms with E-state index in [1.165, 1.54) is 43.6 Å². The molecule has 0 radical (unpaired) electrons. The number of benzene rings is 1. The van der Waals surface area contributed by atoms with Crippen LogP contribution in [0, 0.1) is 11.3 Å². The van der Waals surface area contributed by atoms with Gasteiger partial charge < -0.3 is 9.80 Å². The number of likely N-dealkylation sites (N-methyl/N-ethyl adjacent to an activating group) is 1. The molecule has 2 aliphatic rings. The van der Waals surface area contributed by atoms with Gasteiger partial charge in [-0.05, 0) is 49.3 Å². The summed E-state index contributed by atoms with van der Waals surface area (Å²) < 4.78 is 0. The van der Waals surface area contributed by atoms with Gasteiger partial charge in [-0.1, -0.05) is 45.0 Å². The van der Waals surface area contributed by atoms with Crippen molar-refractivity contribution in [3.8, 4) is 0 Å². The molecule has 1 saturated heterocycles. The minimum Gasteiger partial charge on any atom is -0.368 e. The minimum absolute atomic E-state index is 0. The molecule has 3 heteroatoms. The van der Waals surface area contributed by atoms with E-state index in [1.807, 2.05) is 0 Å². The number of rotatable bonds is 2. The number of piperazine rings is 1. The maximum atomic E-state index is 2.58. The average molecular weight is 349 g/mol. The SMILES string of the molecule is CN1CCN(c2ccccc2C2=CCC(C(C)(C)C)CC2)CC1.Cl. The monoisotopic (exact) mass is 348 g/mol. The molecule has 24 heavy (non-hydrogen) atoms. The summed E-state index contributed by atoms with van der Waals surface area (Å²) in [5.74, 6) is 0.821. The summed E-state index contributed by atoms with van der Waals surface area (Å²) in [6, 6.07) is 9.04. The van der Waals surface area contributed by atoms with Crippen molar-refractivity contribution < 1.29 is 0 Å². The van der Waals surface area contributed by atoms with Crippen LogP contribution in [0.15, 0.2) is 30.3 Å². The van der Waals surface area contributed by atoms with E-state index in [1.54, 1.807) is 5.57 Å². The van der Waals surface area contributed by atoms with Crippen LogP contribution in [-0.4, -0.2) is 38.1 Å². The van der Waals surface area contributed by atoms with Gasteiger partial charge >= 0.3 is 0 Å².